The summed E-state index contributed by atoms with van der Waals surface area (Å²) >= 11 is 0. The van der Waals surface area contributed by atoms with Gasteiger partial charge in [0.1, 0.15) is 6.33 Å². The van der Waals surface area contributed by atoms with Crippen LogP contribution in [0.4, 0.5) is 0 Å². The second-order valence-corrected chi connectivity index (χ2v) is 4.62. The van der Waals surface area contributed by atoms with Crippen LogP contribution in [0.5, 0.6) is 0 Å². The SMILES string of the molecule is CCNC(c1cncnc1)c1ccc2cccnc2c1. The van der Waals surface area contributed by atoms with E-state index in [9.17, 15) is 0 Å². The largest absolute Gasteiger partial charge is 0.306 e. The zero-order chi connectivity index (χ0) is 13.8. The molecule has 0 bridgehead atoms. The first kappa shape index (κ1) is 12.7. The lowest BCUT2D eigenvalue weighted by Gasteiger charge is -2.18. The quantitative estimate of drug-likeness (QED) is 0.787. The molecule has 0 saturated carbocycles. The van der Waals surface area contributed by atoms with Gasteiger partial charge in [0.05, 0.1) is 11.6 Å². The van der Waals surface area contributed by atoms with E-state index in [-0.39, 0.29) is 6.04 Å². The van der Waals surface area contributed by atoms with Crippen molar-refractivity contribution in [2.45, 2.75) is 13.0 Å². The number of hydrogen-bond acceptors (Lipinski definition) is 4. The van der Waals surface area contributed by atoms with Crippen LogP contribution < -0.4 is 5.32 Å². The Balaban J connectivity index is 2.05. The molecule has 1 N–H and O–H groups in total. The van der Waals surface area contributed by atoms with Gasteiger partial charge in [-0.25, -0.2) is 9.97 Å². The highest BCUT2D eigenvalue weighted by Crippen LogP contribution is 2.23. The van der Waals surface area contributed by atoms with Gasteiger partial charge in [-0.2, -0.15) is 0 Å². The average Bonchev–Trinajstić information content (AvgIpc) is 2.53. The predicted molar refractivity (Wildman–Crippen MR) is 79.3 cm³/mol. The summed E-state index contributed by atoms with van der Waals surface area (Å²) in [4.78, 5) is 12.6. The van der Waals surface area contributed by atoms with Gasteiger partial charge in [0.2, 0.25) is 0 Å². The maximum absolute atomic E-state index is 4.42. The summed E-state index contributed by atoms with van der Waals surface area (Å²) in [6.45, 7) is 2.97. The zero-order valence-corrected chi connectivity index (χ0v) is 11.3. The Bertz CT molecular complexity index is 697. The molecule has 0 aliphatic carbocycles. The van der Waals surface area contributed by atoms with Crippen LogP contribution in [0.15, 0.2) is 55.2 Å². The van der Waals surface area contributed by atoms with Crippen LogP contribution in [-0.4, -0.2) is 21.5 Å². The summed E-state index contributed by atoms with van der Waals surface area (Å²) in [6, 6.07) is 10.5. The number of aromatic nitrogens is 3. The van der Waals surface area contributed by atoms with E-state index in [1.807, 2.05) is 24.7 Å². The molecule has 2 aromatic heterocycles. The molecule has 4 heteroatoms. The van der Waals surface area contributed by atoms with E-state index in [2.05, 4.69) is 51.5 Å². The van der Waals surface area contributed by atoms with Gasteiger partial charge < -0.3 is 5.32 Å². The van der Waals surface area contributed by atoms with Crippen molar-refractivity contribution in [2.75, 3.05) is 6.54 Å². The Kier molecular flexibility index (Phi) is 3.65. The molecule has 1 unspecified atom stereocenters. The summed E-state index contributed by atoms with van der Waals surface area (Å²) in [5.74, 6) is 0. The number of hydrogen-bond donors (Lipinski definition) is 1. The molecule has 100 valence electrons. The fraction of sp³-hybridized carbons (Fsp3) is 0.188. The minimum atomic E-state index is 0.0904. The van der Waals surface area contributed by atoms with Crippen LogP contribution in [0.1, 0.15) is 24.1 Å². The summed E-state index contributed by atoms with van der Waals surface area (Å²) in [6.07, 6.45) is 7.07. The monoisotopic (exact) mass is 264 g/mol. The summed E-state index contributed by atoms with van der Waals surface area (Å²) in [7, 11) is 0. The number of fused-ring (bicyclic) bond motifs is 1. The fourth-order valence-electron chi connectivity index (χ4n) is 2.36. The van der Waals surface area contributed by atoms with E-state index < -0.39 is 0 Å². The minimum Gasteiger partial charge on any atom is -0.306 e. The van der Waals surface area contributed by atoms with Crippen molar-refractivity contribution in [3.05, 3.63) is 66.4 Å². The van der Waals surface area contributed by atoms with E-state index in [0.29, 0.717) is 0 Å². The normalized spacial score (nSPS) is 12.4. The molecule has 4 nitrogen and oxygen atoms in total. The molecule has 0 amide bonds. The molecule has 1 aromatic carbocycles. The van der Waals surface area contributed by atoms with Gasteiger partial charge in [0, 0.05) is 29.5 Å². The van der Waals surface area contributed by atoms with Gasteiger partial charge in [0.15, 0.2) is 0 Å². The van der Waals surface area contributed by atoms with E-state index in [1.54, 1.807) is 6.33 Å². The van der Waals surface area contributed by atoms with Crippen molar-refractivity contribution in [3.63, 3.8) is 0 Å². The first-order chi connectivity index (χ1) is 9.88. The third-order valence-corrected chi connectivity index (χ3v) is 3.29. The molecular formula is C16H16N4. The second kappa shape index (κ2) is 5.75. The number of rotatable bonds is 4. The number of nitrogens with zero attached hydrogens (tertiary/aromatic N) is 3. The lowest BCUT2D eigenvalue weighted by atomic mass is 9.99. The molecule has 20 heavy (non-hydrogen) atoms. The summed E-state index contributed by atoms with van der Waals surface area (Å²) in [5.41, 5.74) is 3.24. The van der Waals surface area contributed by atoms with E-state index in [0.717, 1.165) is 23.0 Å². The highest BCUT2D eigenvalue weighted by molar-refractivity contribution is 5.79. The van der Waals surface area contributed by atoms with Crippen molar-refractivity contribution in [1.29, 1.82) is 0 Å². The van der Waals surface area contributed by atoms with Crippen molar-refractivity contribution in [2.24, 2.45) is 0 Å². The zero-order valence-electron chi connectivity index (χ0n) is 11.3. The third-order valence-electron chi connectivity index (χ3n) is 3.29. The van der Waals surface area contributed by atoms with Gasteiger partial charge in [-0.3, -0.25) is 4.98 Å². The molecule has 0 saturated heterocycles. The maximum atomic E-state index is 4.42. The maximum Gasteiger partial charge on any atom is 0.115 e. The van der Waals surface area contributed by atoms with E-state index in [1.165, 1.54) is 5.56 Å². The number of nitrogens with one attached hydrogen (secondary N) is 1. The molecule has 0 radical (unpaired) electrons. The van der Waals surface area contributed by atoms with Crippen LogP contribution in [0, 0.1) is 0 Å². The first-order valence-corrected chi connectivity index (χ1v) is 6.71. The summed E-state index contributed by atoms with van der Waals surface area (Å²) < 4.78 is 0. The van der Waals surface area contributed by atoms with Crippen molar-refractivity contribution in [3.8, 4) is 0 Å². The standard InChI is InChI=1S/C16H16N4/c1-2-19-16(14-9-17-11-18-10-14)13-6-5-12-4-3-7-20-15(12)8-13/h3-11,16,19H,2H2,1H3. The molecule has 2 heterocycles. The molecule has 1 atom stereocenters. The topological polar surface area (TPSA) is 50.7 Å². The molecule has 0 spiro atoms. The predicted octanol–water partition coefficient (Wildman–Crippen LogP) is 2.72. The average molecular weight is 264 g/mol. The lowest BCUT2D eigenvalue weighted by Crippen LogP contribution is -2.22. The number of pyridine rings is 1. The highest BCUT2D eigenvalue weighted by atomic mass is 14.9. The van der Waals surface area contributed by atoms with E-state index in [4.69, 9.17) is 0 Å². The lowest BCUT2D eigenvalue weighted by molar-refractivity contribution is 0.626. The molecule has 0 aliphatic heterocycles. The second-order valence-electron chi connectivity index (χ2n) is 4.62. The highest BCUT2D eigenvalue weighted by Gasteiger charge is 2.13. The van der Waals surface area contributed by atoms with Crippen molar-refractivity contribution < 1.29 is 0 Å². The van der Waals surface area contributed by atoms with Gasteiger partial charge in [0.25, 0.3) is 0 Å². The van der Waals surface area contributed by atoms with Gasteiger partial charge in [-0.15, -0.1) is 0 Å². The first-order valence-electron chi connectivity index (χ1n) is 6.71. The Morgan fingerprint density at radius 2 is 1.95 bits per heavy atom. The Morgan fingerprint density at radius 3 is 2.75 bits per heavy atom. The molecule has 3 rings (SSSR count). The van der Waals surface area contributed by atoms with Crippen LogP contribution in [-0.2, 0) is 0 Å². The van der Waals surface area contributed by atoms with Crippen LogP contribution in [0.25, 0.3) is 10.9 Å². The van der Waals surface area contributed by atoms with Crippen LogP contribution >= 0.6 is 0 Å². The van der Waals surface area contributed by atoms with Gasteiger partial charge >= 0.3 is 0 Å². The summed E-state index contributed by atoms with van der Waals surface area (Å²) in [5, 5.41) is 4.62. The van der Waals surface area contributed by atoms with Crippen molar-refractivity contribution in [1.82, 2.24) is 20.3 Å². The number of benzene rings is 1. The van der Waals surface area contributed by atoms with E-state index >= 15 is 0 Å². The van der Waals surface area contributed by atoms with Crippen molar-refractivity contribution >= 4 is 10.9 Å². The third kappa shape index (κ3) is 2.51. The molecule has 0 aliphatic rings. The van der Waals surface area contributed by atoms with Gasteiger partial charge in [-0.1, -0.05) is 25.1 Å². The Morgan fingerprint density at radius 1 is 1.10 bits per heavy atom. The fourth-order valence-corrected chi connectivity index (χ4v) is 2.36. The van der Waals surface area contributed by atoms with Crippen LogP contribution in [0.3, 0.4) is 0 Å². The van der Waals surface area contributed by atoms with Gasteiger partial charge in [-0.05, 0) is 24.2 Å². The minimum absolute atomic E-state index is 0.0904. The molecule has 0 fully saturated rings. The Labute approximate surface area is 117 Å². The smallest absolute Gasteiger partial charge is 0.115 e. The van der Waals surface area contributed by atoms with Crippen LogP contribution in [0.2, 0.25) is 0 Å². The Hall–Kier alpha value is -2.33. The molecular weight excluding hydrogens is 248 g/mol. The molecule has 3 aromatic rings.